The molecule has 80 valence electrons. The Balaban J connectivity index is 2.43. The van der Waals surface area contributed by atoms with Crippen LogP contribution in [0.4, 0.5) is 0 Å². The van der Waals surface area contributed by atoms with Crippen LogP contribution in [0, 0.1) is 11.3 Å². The number of fused-ring (bicyclic) bond motifs is 1. The van der Waals surface area contributed by atoms with E-state index in [0.717, 1.165) is 11.8 Å². The van der Waals surface area contributed by atoms with Gasteiger partial charge >= 0.3 is 0 Å². The zero-order chi connectivity index (χ0) is 11.1. The first-order chi connectivity index (χ1) is 7.04. The average molecular weight is 200 g/mol. The standard InChI is InChI=1S/C14H21B/c1-14(2,3)13-11(9-15)8-10-6-4-5-7-12(10)13/h4-7,11,13H,8-9,15H2,1-3H3. The fraction of sp³-hybridized carbons (Fsp3) is 0.571. The molecule has 2 rings (SSSR count). The molecule has 15 heavy (non-hydrogen) atoms. The molecule has 0 saturated carbocycles. The lowest BCUT2D eigenvalue weighted by Crippen LogP contribution is -2.22. The van der Waals surface area contributed by atoms with Gasteiger partial charge in [-0.1, -0.05) is 51.4 Å². The van der Waals surface area contributed by atoms with Crippen LogP contribution in [0.1, 0.15) is 37.8 Å². The van der Waals surface area contributed by atoms with Crippen molar-refractivity contribution < 1.29 is 0 Å². The topological polar surface area (TPSA) is 0 Å². The third-order valence-electron chi connectivity index (χ3n) is 3.80. The Morgan fingerprint density at radius 2 is 1.93 bits per heavy atom. The van der Waals surface area contributed by atoms with Crippen molar-refractivity contribution >= 4 is 7.85 Å². The molecule has 2 unspecified atom stereocenters. The first-order valence-electron chi connectivity index (χ1n) is 6.12. The van der Waals surface area contributed by atoms with Gasteiger partial charge in [0.25, 0.3) is 0 Å². The molecule has 1 aromatic carbocycles. The van der Waals surface area contributed by atoms with Crippen molar-refractivity contribution in [3.63, 3.8) is 0 Å². The van der Waals surface area contributed by atoms with E-state index in [1.54, 1.807) is 11.1 Å². The monoisotopic (exact) mass is 200 g/mol. The predicted octanol–water partition coefficient (Wildman–Crippen LogP) is 3.04. The van der Waals surface area contributed by atoms with E-state index in [2.05, 4.69) is 52.9 Å². The van der Waals surface area contributed by atoms with Crippen LogP contribution >= 0.6 is 0 Å². The molecule has 0 N–H and O–H groups in total. The van der Waals surface area contributed by atoms with Crippen molar-refractivity contribution in [2.24, 2.45) is 11.3 Å². The lowest BCUT2D eigenvalue weighted by molar-refractivity contribution is 0.264. The normalized spacial score (nSPS) is 25.3. The van der Waals surface area contributed by atoms with Gasteiger partial charge in [0.15, 0.2) is 0 Å². The molecule has 0 nitrogen and oxygen atoms in total. The fourth-order valence-corrected chi connectivity index (χ4v) is 3.23. The Morgan fingerprint density at radius 3 is 2.53 bits per heavy atom. The molecular formula is C14H21B. The second kappa shape index (κ2) is 3.70. The summed E-state index contributed by atoms with van der Waals surface area (Å²) in [4.78, 5) is 0. The van der Waals surface area contributed by atoms with Crippen LogP contribution in [0.25, 0.3) is 0 Å². The highest BCUT2D eigenvalue weighted by atomic mass is 14.4. The van der Waals surface area contributed by atoms with Gasteiger partial charge in [-0.15, -0.1) is 0 Å². The minimum absolute atomic E-state index is 0.396. The summed E-state index contributed by atoms with van der Waals surface area (Å²) in [6, 6.07) is 9.01. The van der Waals surface area contributed by atoms with Crippen molar-refractivity contribution in [1.29, 1.82) is 0 Å². The molecule has 0 aromatic heterocycles. The van der Waals surface area contributed by atoms with Crippen molar-refractivity contribution in [3.05, 3.63) is 35.4 Å². The highest BCUT2D eigenvalue weighted by Crippen LogP contribution is 2.49. The average Bonchev–Trinajstić information content (AvgIpc) is 2.54. The summed E-state index contributed by atoms with van der Waals surface area (Å²) in [5.74, 6) is 1.60. The molecule has 1 aliphatic carbocycles. The molecule has 0 spiro atoms. The zero-order valence-electron chi connectivity index (χ0n) is 10.4. The molecule has 1 aliphatic rings. The quantitative estimate of drug-likeness (QED) is 0.611. The molecule has 0 amide bonds. The molecule has 0 fully saturated rings. The summed E-state index contributed by atoms with van der Waals surface area (Å²) in [6.07, 6.45) is 2.59. The molecule has 0 saturated heterocycles. The van der Waals surface area contributed by atoms with Gasteiger partial charge in [0.2, 0.25) is 0 Å². The number of hydrogen-bond donors (Lipinski definition) is 0. The van der Waals surface area contributed by atoms with Gasteiger partial charge in [0.05, 0.1) is 0 Å². The van der Waals surface area contributed by atoms with Gasteiger partial charge in [-0.25, -0.2) is 0 Å². The lowest BCUT2D eigenvalue weighted by Gasteiger charge is -2.32. The summed E-state index contributed by atoms with van der Waals surface area (Å²) in [5, 5.41) is 0. The molecule has 1 aromatic rings. The third-order valence-corrected chi connectivity index (χ3v) is 3.80. The highest BCUT2D eigenvalue weighted by molar-refractivity contribution is 6.08. The summed E-state index contributed by atoms with van der Waals surface area (Å²) in [6.45, 7) is 7.13. The predicted molar refractivity (Wildman–Crippen MR) is 69.2 cm³/mol. The van der Waals surface area contributed by atoms with E-state index in [-0.39, 0.29) is 0 Å². The summed E-state index contributed by atoms with van der Waals surface area (Å²) < 4.78 is 0. The van der Waals surface area contributed by atoms with E-state index in [1.807, 2.05) is 0 Å². The van der Waals surface area contributed by atoms with Gasteiger partial charge in [-0.2, -0.15) is 0 Å². The molecular weight excluding hydrogens is 179 g/mol. The number of hydrogen-bond acceptors (Lipinski definition) is 0. The maximum Gasteiger partial charge on any atom is 0.101 e. The Bertz CT molecular complexity index is 349. The van der Waals surface area contributed by atoms with E-state index in [1.165, 1.54) is 12.7 Å². The summed E-state index contributed by atoms with van der Waals surface area (Å²) in [5.41, 5.74) is 3.59. The molecule has 1 heteroatoms. The second-order valence-electron chi connectivity index (χ2n) is 5.91. The van der Waals surface area contributed by atoms with Crippen LogP contribution in [0.3, 0.4) is 0 Å². The van der Waals surface area contributed by atoms with Crippen LogP contribution in [-0.2, 0) is 6.42 Å². The molecule has 0 heterocycles. The fourth-order valence-electron chi connectivity index (χ4n) is 3.23. The second-order valence-corrected chi connectivity index (χ2v) is 5.91. The van der Waals surface area contributed by atoms with Crippen LogP contribution in [-0.4, -0.2) is 7.85 Å². The van der Waals surface area contributed by atoms with E-state index in [0.29, 0.717) is 5.41 Å². The Hall–Kier alpha value is -0.715. The number of benzene rings is 1. The van der Waals surface area contributed by atoms with Gasteiger partial charge in [0, 0.05) is 0 Å². The SMILES string of the molecule is BCC1Cc2ccccc2C1C(C)(C)C. The van der Waals surface area contributed by atoms with Gasteiger partial charge in [0.1, 0.15) is 7.85 Å². The smallest absolute Gasteiger partial charge is 0.0774 e. The minimum atomic E-state index is 0.396. The zero-order valence-corrected chi connectivity index (χ0v) is 10.4. The maximum absolute atomic E-state index is 2.38. The van der Waals surface area contributed by atoms with Gasteiger partial charge in [-0.05, 0) is 34.8 Å². The van der Waals surface area contributed by atoms with Crippen LogP contribution in [0.15, 0.2) is 24.3 Å². The third kappa shape index (κ3) is 1.84. The van der Waals surface area contributed by atoms with E-state index >= 15 is 0 Å². The number of rotatable bonds is 1. The van der Waals surface area contributed by atoms with Crippen molar-refractivity contribution in [2.45, 2.75) is 39.4 Å². The van der Waals surface area contributed by atoms with Crippen molar-refractivity contribution in [3.8, 4) is 0 Å². The summed E-state index contributed by atoms with van der Waals surface area (Å²) in [7, 11) is 2.33. The van der Waals surface area contributed by atoms with E-state index < -0.39 is 0 Å². The van der Waals surface area contributed by atoms with E-state index in [4.69, 9.17) is 0 Å². The molecule has 0 radical (unpaired) electrons. The van der Waals surface area contributed by atoms with Crippen molar-refractivity contribution in [1.82, 2.24) is 0 Å². The van der Waals surface area contributed by atoms with Gasteiger partial charge in [-0.3, -0.25) is 0 Å². The first kappa shape index (κ1) is 10.8. The first-order valence-corrected chi connectivity index (χ1v) is 6.12. The van der Waals surface area contributed by atoms with E-state index in [9.17, 15) is 0 Å². The highest BCUT2D eigenvalue weighted by Gasteiger charge is 2.38. The minimum Gasteiger partial charge on any atom is -0.0774 e. The van der Waals surface area contributed by atoms with Crippen LogP contribution in [0.5, 0.6) is 0 Å². The Labute approximate surface area is 94.5 Å². The molecule has 0 bridgehead atoms. The largest absolute Gasteiger partial charge is 0.101 e. The van der Waals surface area contributed by atoms with Crippen molar-refractivity contribution in [2.75, 3.05) is 0 Å². The Morgan fingerprint density at radius 1 is 1.27 bits per heavy atom. The maximum atomic E-state index is 2.38. The molecule has 0 aliphatic heterocycles. The molecule has 2 atom stereocenters. The van der Waals surface area contributed by atoms with Crippen LogP contribution in [0.2, 0.25) is 6.32 Å². The Kier molecular flexibility index (Phi) is 2.66. The lowest BCUT2D eigenvalue weighted by atomic mass is 9.69. The van der Waals surface area contributed by atoms with Gasteiger partial charge < -0.3 is 0 Å². The summed E-state index contributed by atoms with van der Waals surface area (Å²) >= 11 is 0. The van der Waals surface area contributed by atoms with Crippen LogP contribution < -0.4 is 0 Å².